The summed E-state index contributed by atoms with van der Waals surface area (Å²) in [6.45, 7) is 7.69. The van der Waals surface area contributed by atoms with Gasteiger partial charge in [-0.05, 0) is 39.0 Å². The van der Waals surface area contributed by atoms with Crippen molar-refractivity contribution in [1.82, 2.24) is 4.98 Å². The van der Waals surface area contributed by atoms with Crippen LogP contribution in [0.3, 0.4) is 0 Å². The lowest BCUT2D eigenvalue weighted by atomic mass is 10.1. The van der Waals surface area contributed by atoms with Gasteiger partial charge in [0.25, 0.3) is 5.91 Å². The molecule has 2 heterocycles. The zero-order valence-electron chi connectivity index (χ0n) is 14.3. The Balaban J connectivity index is 1.95. The number of aryl methyl sites for hydroxylation is 1. The van der Waals surface area contributed by atoms with Gasteiger partial charge in [-0.1, -0.05) is 0 Å². The molecule has 25 heavy (non-hydrogen) atoms. The highest BCUT2D eigenvalue weighted by Gasteiger charge is 2.16. The number of fused-ring (bicyclic) bond motifs is 1. The quantitative estimate of drug-likeness (QED) is 0.705. The van der Waals surface area contributed by atoms with Crippen molar-refractivity contribution in [2.45, 2.75) is 20.8 Å². The number of hydrogen-bond acceptors (Lipinski definition) is 6. The zero-order chi connectivity index (χ0) is 18.0. The molecule has 3 rings (SSSR count). The molecule has 0 saturated heterocycles. The van der Waals surface area contributed by atoms with Crippen LogP contribution in [0.15, 0.2) is 38.9 Å². The minimum absolute atomic E-state index is 0.0315. The van der Waals surface area contributed by atoms with Gasteiger partial charge >= 0.3 is 5.63 Å². The fraction of sp³-hybridized carbons (Fsp3) is 0.278. The second-order valence-electron chi connectivity index (χ2n) is 5.59. The van der Waals surface area contributed by atoms with Gasteiger partial charge in [0, 0.05) is 35.6 Å². The number of benzene rings is 1. The lowest BCUT2D eigenvalue weighted by molar-refractivity contribution is 0.102. The summed E-state index contributed by atoms with van der Waals surface area (Å²) in [6, 6.07) is 7.20. The number of hydrogen-bond donors (Lipinski definition) is 1. The van der Waals surface area contributed by atoms with Crippen LogP contribution in [-0.2, 0) is 0 Å². The predicted octanol–water partition coefficient (Wildman–Crippen LogP) is 3.66. The lowest BCUT2D eigenvalue weighted by Gasteiger charge is -2.20. The van der Waals surface area contributed by atoms with Crippen LogP contribution in [0.2, 0.25) is 0 Å². The highest BCUT2D eigenvalue weighted by molar-refractivity contribution is 7.13. The third kappa shape index (κ3) is 3.56. The average Bonchev–Trinajstić information content (AvgIpc) is 3.00. The summed E-state index contributed by atoms with van der Waals surface area (Å²) in [5, 5.41) is 5.62. The van der Waals surface area contributed by atoms with E-state index in [1.807, 2.05) is 30.5 Å². The molecular weight excluding hydrogens is 338 g/mol. The summed E-state index contributed by atoms with van der Waals surface area (Å²) in [4.78, 5) is 30.9. The Labute approximate surface area is 149 Å². The molecule has 1 aromatic carbocycles. The summed E-state index contributed by atoms with van der Waals surface area (Å²) in [7, 11) is 0. The van der Waals surface area contributed by atoms with E-state index in [0.29, 0.717) is 16.1 Å². The van der Waals surface area contributed by atoms with Crippen molar-refractivity contribution in [3.05, 3.63) is 51.3 Å². The number of anilines is 2. The number of nitrogens with zero attached hydrogens (tertiary/aromatic N) is 2. The van der Waals surface area contributed by atoms with Crippen LogP contribution in [0.1, 0.15) is 29.9 Å². The van der Waals surface area contributed by atoms with Gasteiger partial charge < -0.3 is 9.32 Å². The molecule has 3 aromatic rings. The summed E-state index contributed by atoms with van der Waals surface area (Å²) in [5.74, 6) is -0.516. The Morgan fingerprint density at radius 3 is 2.68 bits per heavy atom. The van der Waals surface area contributed by atoms with Crippen molar-refractivity contribution in [1.29, 1.82) is 0 Å². The van der Waals surface area contributed by atoms with Crippen molar-refractivity contribution in [2.75, 3.05) is 23.3 Å². The van der Waals surface area contributed by atoms with E-state index in [4.69, 9.17) is 4.42 Å². The van der Waals surface area contributed by atoms with Crippen molar-refractivity contribution < 1.29 is 9.21 Å². The molecule has 130 valence electrons. The van der Waals surface area contributed by atoms with Crippen LogP contribution >= 0.6 is 11.3 Å². The fourth-order valence-corrected chi connectivity index (χ4v) is 3.30. The van der Waals surface area contributed by atoms with Gasteiger partial charge in [-0.25, -0.2) is 9.78 Å². The molecule has 0 atom stereocenters. The fourth-order valence-electron chi connectivity index (χ4n) is 2.62. The Morgan fingerprint density at radius 1 is 1.28 bits per heavy atom. The first-order valence-electron chi connectivity index (χ1n) is 8.08. The Hall–Kier alpha value is -2.67. The first kappa shape index (κ1) is 17.2. The Bertz CT molecular complexity index is 973. The van der Waals surface area contributed by atoms with Crippen molar-refractivity contribution in [3.63, 3.8) is 0 Å². The second kappa shape index (κ2) is 7.06. The van der Waals surface area contributed by atoms with E-state index in [0.717, 1.165) is 24.5 Å². The minimum Gasteiger partial charge on any atom is -0.422 e. The van der Waals surface area contributed by atoms with Crippen LogP contribution in [-0.4, -0.2) is 24.0 Å². The molecule has 0 fully saturated rings. The Kier molecular flexibility index (Phi) is 4.85. The van der Waals surface area contributed by atoms with Gasteiger partial charge in [-0.3, -0.25) is 10.1 Å². The molecule has 0 saturated carbocycles. The minimum atomic E-state index is -0.657. The molecule has 7 heteroatoms. The molecule has 0 bridgehead atoms. The van der Waals surface area contributed by atoms with Gasteiger partial charge in [0.05, 0.1) is 5.69 Å². The number of carbonyl (C=O) groups is 1. The summed E-state index contributed by atoms with van der Waals surface area (Å²) < 4.78 is 5.38. The number of amides is 1. The van der Waals surface area contributed by atoms with Gasteiger partial charge in [0.2, 0.25) is 0 Å². The standard InChI is InChI=1S/C18H19N3O3S/c1-4-21(5-2)13-7-6-12-8-14(17(23)24-15(12)9-13)16(22)20-18-19-11(3)10-25-18/h6-10H,4-5H2,1-3H3,(H,19,20,22). The third-order valence-electron chi connectivity index (χ3n) is 3.93. The van der Waals surface area contributed by atoms with Gasteiger partial charge in [0.1, 0.15) is 11.1 Å². The molecule has 0 aliphatic rings. The summed E-state index contributed by atoms with van der Waals surface area (Å²) in [6.07, 6.45) is 0. The number of rotatable bonds is 5. The monoisotopic (exact) mass is 357 g/mol. The topological polar surface area (TPSA) is 75.4 Å². The second-order valence-corrected chi connectivity index (χ2v) is 6.45. The highest BCUT2D eigenvalue weighted by atomic mass is 32.1. The molecule has 6 nitrogen and oxygen atoms in total. The van der Waals surface area contributed by atoms with Gasteiger partial charge in [-0.2, -0.15) is 0 Å². The van der Waals surface area contributed by atoms with E-state index in [2.05, 4.69) is 29.0 Å². The number of aromatic nitrogens is 1. The number of thiazole rings is 1. The summed E-state index contributed by atoms with van der Waals surface area (Å²) >= 11 is 1.31. The van der Waals surface area contributed by atoms with E-state index in [-0.39, 0.29) is 5.56 Å². The highest BCUT2D eigenvalue weighted by Crippen LogP contribution is 2.22. The van der Waals surface area contributed by atoms with Crippen molar-refractivity contribution in [2.24, 2.45) is 0 Å². The van der Waals surface area contributed by atoms with Crippen molar-refractivity contribution >= 4 is 39.0 Å². The van der Waals surface area contributed by atoms with E-state index in [9.17, 15) is 9.59 Å². The molecule has 0 unspecified atom stereocenters. The molecule has 0 aliphatic heterocycles. The van der Waals surface area contributed by atoms with Gasteiger partial charge in [-0.15, -0.1) is 11.3 Å². The normalized spacial score (nSPS) is 10.8. The number of nitrogens with one attached hydrogen (secondary N) is 1. The molecule has 1 N–H and O–H groups in total. The summed E-state index contributed by atoms with van der Waals surface area (Å²) in [5.41, 5.74) is 1.58. The molecule has 1 amide bonds. The largest absolute Gasteiger partial charge is 0.422 e. The molecular formula is C18H19N3O3S. The first-order chi connectivity index (χ1) is 12.0. The van der Waals surface area contributed by atoms with E-state index < -0.39 is 11.5 Å². The maximum Gasteiger partial charge on any atom is 0.349 e. The molecule has 0 spiro atoms. The predicted molar refractivity (Wildman–Crippen MR) is 101 cm³/mol. The lowest BCUT2D eigenvalue weighted by Crippen LogP contribution is -2.22. The van der Waals surface area contributed by atoms with E-state index >= 15 is 0 Å². The van der Waals surface area contributed by atoms with Crippen LogP contribution in [0.4, 0.5) is 10.8 Å². The van der Waals surface area contributed by atoms with E-state index in [1.165, 1.54) is 11.3 Å². The van der Waals surface area contributed by atoms with Gasteiger partial charge in [0.15, 0.2) is 5.13 Å². The number of carbonyl (C=O) groups excluding carboxylic acids is 1. The maximum atomic E-state index is 12.3. The maximum absolute atomic E-state index is 12.3. The molecule has 2 aromatic heterocycles. The van der Waals surface area contributed by atoms with Crippen LogP contribution < -0.4 is 15.8 Å². The average molecular weight is 357 g/mol. The van der Waals surface area contributed by atoms with Crippen LogP contribution in [0.5, 0.6) is 0 Å². The SMILES string of the molecule is CCN(CC)c1ccc2cc(C(=O)Nc3nc(C)cs3)c(=O)oc2c1. The van der Waals surface area contributed by atoms with Crippen molar-refractivity contribution in [3.8, 4) is 0 Å². The Morgan fingerprint density at radius 2 is 2.04 bits per heavy atom. The van der Waals surface area contributed by atoms with Crippen LogP contribution in [0, 0.1) is 6.92 Å². The third-order valence-corrected chi connectivity index (χ3v) is 4.81. The van der Waals surface area contributed by atoms with E-state index in [1.54, 1.807) is 6.07 Å². The molecule has 0 radical (unpaired) electrons. The molecule has 0 aliphatic carbocycles. The first-order valence-corrected chi connectivity index (χ1v) is 8.96. The zero-order valence-corrected chi connectivity index (χ0v) is 15.1. The van der Waals surface area contributed by atoms with Crippen LogP contribution in [0.25, 0.3) is 11.0 Å². The smallest absolute Gasteiger partial charge is 0.349 e.